The molecule has 1 amide bonds. The van der Waals surface area contributed by atoms with Crippen LogP contribution in [-0.4, -0.2) is 21.2 Å². The molecule has 3 atom stereocenters. The van der Waals surface area contributed by atoms with Gasteiger partial charge in [-0.3, -0.25) is 4.79 Å². The molecule has 1 aliphatic rings. The van der Waals surface area contributed by atoms with E-state index in [1.165, 1.54) is 12.1 Å². The number of aliphatic hydroxyl groups excluding tert-OH is 1. The van der Waals surface area contributed by atoms with E-state index in [4.69, 9.17) is 0 Å². The second-order valence-electron chi connectivity index (χ2n) is 9.07. The molecule has 5 nitrogen and oxygen atoms in total. The van der Waals surface area contributed by atoms with Crippen molar-refractivity contribution in [3.05, 3.63) is 114 Å². The Hall–Kier alpha value is -4.16. The van der Waals surface area contributed by atoms with Crippen molar-refractivity contribution in [1.82, 2.24) is 0 Å². The molecule has 5 rings (SSSR count). The molecule has 3 N–H and O–H groups in total. The number of carbonyl (C=O) groups excluding carboxylic acids is 1. The van der Waals surface area contributed by atoms with Gasteiger partial charge in [0.1, 0.15) is 17.3 Å². The van der Waals surface area contributed by atoms with Crippen molar-refractivity contribution in [2.75, 3.05) is 4.90 Å². The molecule has 0 saturated carbocycles. The van der Waals surface area contributed by atoms with Crippen LogP contribution in [0, 0.1) is 11.7 Å². The summed E-state index contributed by atoms with van der Waals surface area (Å²) in [5, 5.41) is 31.3. The predicted molar refractivity (Wildman–Crippen MR) is 136 cm³/mol. The number of rotatable bonds is 7. The lowest BCUT2D eigenvalue weighted by Crippen LogP contribution is -2.55. The quantitative estimate of drug-likeness (QED) is 0.277. The third-order valence-electron chi connectivity index (χ3n) is 6.76. The van der Waals surface area contributed by atoms with Crippen LogP contribution in [0.25, 0.3) is 11.1 Å². The van der Waals surface area contributed by atoms with Gasteiger partial charge in [-0.25, -0.2) is 4.39 Å². The Morgan fingerprint density at radius 1 is 0.861 bits per heavy atom. The number of aromatic hydroxyl groups is 2. The van der Waals surface area contributed by atoms with Crippen molar-refractivity contribution in [1.29, 1.82) is 0 Å². The fraction of sp³-hybridized carbons (Fsp3) is 0.167. The van der Waals surface area contributed by atoms with Gasteiger partial charge >= 0.3 is 0 Å². The number of benzene rings is 4. The van der Waals surface area contributed by atoms with Crippen LogP contribution in [0.5, 0.6) is 11.5 Å². The maximum atomic E-state index is 14.0. The van der Waals surface area contributed by atoms with E-state index in [-0.39, 0.29) is 17.4 Å². The van der Waals surface area contributed by atoms with E-state index in [1.807, 2.05) is 36.4 Å². The highest BCUT2D eigenvalue weighted by Crippen LogP contribution is 2.47. The first-order valence-corrected chi connectivity index (χ1v) is 11.9. The summed E-state index contributed by atoms with van der Waals surface area (Å²) in [4.78, 5) is 14.8. The van der Waals surface area contributed by atoms with Gasteiger partial charge in [0.15, 0.2) is 0 Å². The minimum atomic E-state index is -0.704. The van der Waals surface area contributed by atoms with Crippen molar-refractivity contribution in [3.63, 3.8) is 0 Å². The van der Waals surface area contributed by atoms with Crippen molar-refractivity contribution in [2.24, 2.45) is 5.92 Å². The molecule has 182 valence electrons. The van der Waals surface area contributed by atoms with Crippen LogP contribution < -0.4 is 4.90 Å². The molecular formula is C30H26FNO4. The Bertz CT molecular complexity index is 1390. The average Bonchev–Trinajstić information content (AvgIpc) is 2.87. The fourth-order valence-electron chi connectivity index (χ4n) is 4.95. The van der Waals surface area contributed by atoms with Gasteiger partial charge in [0.25, 0.3) is 0 Å². The average molecular weight is 484 g/mol. The largest absolute Gasteiger partial charge is 0.508 e. The first-order valence-electron chi connectivity index (χ1n) is 11.9. The second-order valence-corrected chi connectivity index (χ2v) is 9.07. The van der Waals surface area contributed by atoms with E-state index >= 15 is 0 Å². The fourth-order valence-corrected chi connectivity index (χ4v) is 4.95. The molecule has 6 heteroatoms. The summed E-state index contributed by atoms with van der Waals surface area (Å²) >= 11 is 0. The van der Waals surface area contributed by atoms with Crippen LogP contribution >= 0.6 is 0 Å². The molecule has 1 saturated heterocycles. The number of aliphatic hydroxyl groups is 1. The molecule has 1 heterocycles. The molecule has 1 aliphatic heterocycles. The summed E-state index contributed by atoms with van der Waals surface area (Å²) in [5.74, 6) is -0.918. The van der Waals surface area contributed by atoms with Crippen molar-refractivity contribution in [3.8, 4) is 22.6 Å². The highest BCUT2D eigenvalue weighted by molar-refractivity contribution is 6.03. The first-order chi connectivity index (χ1) is 17.4. The zero-order valence-electron chi connectivity index (χ0n) is 19.5. The normalized spacial score (nSPS) is 18.1. The van der Waals surface area contributed by atoms with Gasteiger partial charge < -0.3 is 20.2 Å². The van der Waals surface area contributed by atoms with E-state index < -0.39 is 23.9 Å². The van der Waals surface area contributed by atoms with E-state index in [1.54, 1.807) is 53.4 Å². The van der Waals surface area contributed by atoms with E-state index in [0.717, 1.165) is 5.56 Å². The van der Waals surface area contributed by atoms with Crippen LogP contribution in [0.4, 0.5) is 10.1 Å². The van der Waals surface area contributed by atoms with Crippen LogP contribution in [0.3, 0.4) is 0 Å². The highest BCUT2D eigenvalue weighted by atomic mass is 19.1. The SMILES string of the molecule is O=C1[C@H](CC[C@H](O)c2ccccc2)[C@@H](c2ccc(-c3cccc(O)c3)c(O)c2)N1c1cccc(F)c1. The number of nitrogens with zero attached hydrogens (tertiary/aromatic N) is 1. The second kappa shape index (κ2) is 9.84. The monoisotopic (exact) mass is 483 g/mol. The lowest BCUT2D eigenvalue weighted by atomic mass is 9.78. The Kier molecular flexibility index (Phi) is 6.44. The smallest absolute Gasteiger partial charge is 0.233 e. The number of hydrogen-bond acceptors (Lipinski definition) is 4. The minimum absolute atomic E-state index is 0.0136. The molecule has 0 aliphatic carbocycles. The topological polar surface area (TPSA) is 81.0 Å². The van der Waals surface area contributed by atoms with Gasteiger partial charge in [0.2, 0.25) is 5.91 Å². The molecule has 1 fully saturated rings. The molecule has 4 aromatic rings. The summed E-state index contributed by atoms with van der Waals surface area (Å²) in [6.07, 6.45) is 0.117. The van der Waals surface area contributed by atoms with Gasteiger partial charge in [-0.05, 0) is 65.9 Å². The van der Waals surface area contributed by atoms with E-state index in [0.29, 0.717) is 35.2 Å². The molecule has 4 aromatic carbocycles. The van der Waals surface area contributed by atoms with E-state index in [2.05, 4.69) is 0 Å². The molecule has 0 spiro atoms. The van der Waals surface area contributed by atoms with Crippen LogP contribution in [0.2, 0.25) is 0 Å². The summed E-state index contributed by atoms with van der Waals surface area (Å²) in [6, 6.07) is 26.6. The third kappa shape index (κ3) is 4.55. The van der Waals surface area contributed by atoms with Gasteiger partial charge in [0, 0.05) is 11.3 Å². The summed E-state index contributed by atoms with van der Waals surface area (Å²) in [5.41, 5.74) is 3.15. The Morgan fingerprint density at radius 2 is 1.64 bits per heavy atom. The first kappa shape index (κ1) is 23.6. The number of β-lactam (4-membered cyclic amide) rings is 1. The Balaban J connectivity index is 1.45. The van der Waals surface area contributed by atoms with Crippen molar-refractivity contribution in [2.45, 2.75) is 25.0 Å². The Morgan fingerprint density at radius 3 is 2.36 bits per heavy atom. The van der Waals surface area contributed by atoms with Crippen LogP contribution in [-0.2, 0) is 4.79 Å². The van der Waals surface area contributed by atoms with Crippen molar-refractivity contribution < 1.29 is 24.5 Å². The maximum Gasteiger partial charge on any atom is 0.233 e. The zero-order chi connectivity index (χ0) is 25.2. The van der Waals surface area contributed by atoms with Crippen LogP contribution in [0.1, 0.15) is 36.1 Å². The number of hydrogen-bond donors (Lipinski definition) is 3. The van der Waals surface area contributed by atoms with Gasteiger partial charge in [0.05, 0.1) is 18.1 Å². The van der Waals surface area contributed by atoms with Crippen LogP contribution in [0.15, 0.2) is 97.1 Å². The lowest BCUT2D eigenvalue weighted by molar-refractivity contribution is -0.131. The summed E-state index contributed by atoms with van der Waals surface area (Å²) in [7, 11) is 0. The number of carbonyl (C=O) groups is 1. The minimum Gasteiger partial charge on any atom is -0.508 e. The molecule has 0 aromatic heterocycles. The molecular weight excluding hydrogens is 457 g/mol. The number of phenolic OH excluding ortho intramolecular Hbond substituents is 2. The number of halogens is 1. The third-order valence-corrected chi connectivity index (χ3v) is 6.76. The highest BCUT2D eigenvalue weighted by Gasteiger charge is 2.48. The summed E-state index contributed by atoms with van der Waals surface area (Å²) in [6.45, 7) is 0. The van der Waals surface area contributed by atoms with E-state index in [9.17, 15) is 24.5 Å². The number of anilines is 1. The van der Waals surface area contributed by atoms with Gasteiger partial charge in [-0.2, -0.15) is 0 Å². The van der Waals surface area contributed by atoms with Gasteiger partial charge in [-0.15, -0.1) is 0 Å². The zero-order valence-corrected chi connectivity index (χ0v) is 19.5. The Labute approximate surface area is 208 Å². The standard InChI is InChI=1S/C30H26FNO4/c31-22-9-5-10-23(18-22)32-29(26(30(32)36)14-15-27(34)19-6-2-1-3-7-19)21-12-13-25(28(35)17-21)20-8-4-11-24(33)16-20/h1-13,16-18,26-27,29,33-35H,14-15H2/t26-,27+,29-/m1/s1. The van der Waals surface area contributed by atoms with Gasteiger partial charge in [-0.1, -0.05) is 60.7 Å². The number of amides is 1. The summed E-state index contributed by atoms with van der Waals surface area (Å²) < 4.78 is 14.0. The lowest BCUT2D eigenvalue weighted by Gasteiger charge is -2.48. The molecule has 0 unspecified atom stereocenters. The predicted octanol–water partition coefficient (Wildman–Crippen LogP) is 6.12. The molecule has 36 heavy (non-hydrogen) atoms. The van der Waals surface area contributed by atoms with Crippen molar-refractivity contribution >= 4 is 11.6 Å². The molecule has 0 bridgehead atoms. The number of phenols is 2. The maximum absolute atomic E-state index is 14.0. The molecule has 0 radical (unpaired) electrons.